The van der Waals surface area contributed by atoms with Crippen molar-refractivity contribution in [1.29, 1.82) is 5.26 Å². The Hall–Kier alpha value is -1.45. The van der Waals surface area contributed by atoms with Crippen molar-refractivity contribution in [2.75, 3.05) is 0 Å². The molecule has 4 nitrogen and oxygen atoms in total. The Morgan fingerprint density at radius 1 is 1.25 bits per heavy atom. The summed E-state index contributed by atoms with van der Waals surface area (Å²) in [5, 5.41) is 8.78. The third-order valence-corrected chi connectivity index (χ3v) is 5.38. The highest BCUT2D eigenvalue weighted by molar-refractivity contribution is 7.89. The molecule has 1 N–H and O–H groups in total. The molecule has 0 aromatic heterocycles. The molecule has 1 aromatic carbocycles. The number of nitriles is 1. The summed E-state index contributed by atoms with van der Waals surface area (Å²) in [6, 6.07) is 4.98. The van der Waals surface area contributed by atoms with Crippen LogP contribution >= 0.6 is 0 Å². The summed E-state index contributed by atoms with van der Waals surface area (Å²) in [6.45, 7) is 0. The molecule has 0 amide bonds. The molecule has 2 fully saturated rings. The van der Waals surface area contributed by atoms with Crippen molar-refractivity contribution in [2.45, 2.75) is 36.6 Å². The fourth-order valence-corrected chi connectivity index (χ4v) is 3.89. The van der Waals surface area contributed by atoms with E-state index in [1.165, 1.54) is 6.07 Å². The molecule has 0 bridgehead atoms. The molecule has 106 valence electrons. The van der Waals surface area contributed by atoms with E-state index in [0.717, 1.165) is 37.8 Å². The molecule has 0 atom stereocenters. The van der Waals surface area contributed by atoms with Crippen LogP contribution in [0, 0.1) is 29.0 Å². The summed E-state index contributed by atoms with van der Waals surface area (Å²) in [6.07, 6.45) is 4.26. The van der Waals surface area contributed by atoms with Crippen molar-refractivity contribution in [2.24, 2.45) is 11.8 Å². The van der Waals surface area contributed by atoms with E-state index in [9.17, 15) is 12.8 Å². The number of hydrogen-bond acceptors (Lipinski definition) is 3. The second kappa shape index (κ2) is 4.83. The minimum Gasteiger partial charge on any atom is -0.208 e. The van der Waals surface area contributed by atoms with Crippen LogP contribution in [0.2, 0.25) is 0 Å². The van der Waals surface area contributed by atoms with Gasteiger partial charge in [0.2, 0.25) is 10.0 Å². The molecular weight excluding hydrogens is 279 g/mol. The minimum absolute atomic E-state index is 0.00408. The van der Waals surface area contributed by atoms with Crippen LogP contribution in [-0.2, 0) is 10.0 Å². The SMILES string of the molecule is N#Cc1cc(S(=O)(=O)NC(C2CC2)C2CC2)ccc1F. The Morgan fingerprint density at radius 2 is 1.85 bits per heavy atom. The van der Waals surface area contributed by atoms with Gasteiger partial charge in [0, 0.05) is 6.04 Å². The maximum atomic E-state index is 13.3. The summed E-state index contributed by atoms with van der Waals surface area (Å²) < 4.78 is 40.7. The standard InChI is InChI=1S/C14H15FN2O2S/c15-13-6-5-12(7-11(13)8-16)20(18,19)17-14(9-1-2-9)10-3-4-10/h5-7,9-10,14,17H,1-4H2. The second-order valence-electron chi connectivity index (χ2n) is 5.58. The van der Waals surface area contributed by atoms with Crippen LogP contribution in [0.15, 0.2) is 23.1 Å². The van der Waals surface area contributed by atoms with E-state index >= 15 is 0 Å². The molecular formula is C14H15FN2O2S. The van der Waals surface area contributed by atoms with Crippen molar-refractivity contribution in [3.63, 3.8) is 0 Å². The van der Waals surface area contributed by atoms with Crippen LogP contribution < -0.4 is 4.72 Å². The van der Waals surface area contributed by atoms with Crippen LogP contribution in [0.25, 0.3) is 0 Å². The first-order valence-electron chi connectivity index (χ1n) is 6.73. The van der Waals surface area contributed by atoms with Gasteiger partial charge in [0.25, 0.3) is 0 Å². The second-order valence-corrected chi connectivity index (χ2v) is 7.29. The largest absolute Gasteiger partial charge is 0.240 e. The quantitative estimate of drug-likeness (QED) is 0.904. The van der Waals surface area contributed by atoms with Gasteiger partial charge >= 0.3 is 0 Å². The van der Waals surface area contributed by atoms with Gasteiger partial charge in [0.15, 0.2) is 0 Å². The number of nitrogens with one attached hydrogen (secondary N) is 1. The van der Waals surface area contributed by atoms with Gasteiger partial charge in [-0.3, -0.25) is 0 Å². The van der Waals surface area contributed by atoms with Crippen LogP contribution in [0.1, 0.15) is 31.2 Å². The molecule has 0 spiro atoms. The average Bonchev–Trinajstić information content (AvgIpc) is 3.29. The van der Waals surface area contributed by atoms with Crippen molar-refractivity contribution in [3.8, 4) is 6.07 Å². The van der Waals surface area contributed by atoms with E-state index in [1.54, 1.807) is 6.07 Å². The van der Waals surface area contributed by atoms with E-state index in [0.29, 0.717) is 11.8 Å². The predicted molar refractivity (Wildman–Crippen MR) is 70.7 cm³/mol. The molecule has 3 rings (SSSR count). The zero-order valence-corrected chi connectivity index (χ0v) is 11.7. The van der Waals surface area contributed by atoms with Gasteiger partial charge < -0.3 is 0 Å². The summed E-state index contributed by atoms with van der Waals surface area (Å²) in [5.41, 5.74) is -0.248. The highest BCUT2D eigenvalue weighted by atomic mass is 32.2. The molecule has 0 saturated heterocycles. The fourth-order valence-electron chi connectivity index (χ4n) is 2.49. The van der Waals surface area contributed by atoms with Crippen LogP contribution in [0.4, 0.5) is 4.39 Å². The molecule has 6 heteroatoms. The van der Waals surface area contributed by atoms with Gasteiger partial charge in [-0.1, -0.05) is 0 Å². The first kappa shape index (κ1) is 13.5. The molecule has 2 aliphatic rings. The number of nitrogens with zero attached hydrogens (tertiary/aromatic N) is 1. The van der Waals surface area contributed by atoms with Gasteiger partial charge in [-0.15, -0.1) is 0 Å². The molecule has 0 heterocycles. The number of rotatable bonds is 5. The van der Waals surface area contributed by atoms with Gasteiger partial charge in [-0.25, -0.2) is 17.5 Å². The van der Waals surface area contributed by atoms with E-state index in [2.05, 4.69) is 4.72 Å². The molecule has 0 unspecified atom stereocenters. The van der Waals surface area contributed by atoms with Gasteiger partial charge in [0.1, 0.15) is 11.9 Å². The van der Waals surface area contributed by atoms with Crippen molar-refractivity contribution in [1.82, 2.24) is 4.72 Å². The maximum absolute atomic E-state index is 13.3. The summed E-state index contributed by atoms with van der Waals surface area (Å²) in [5.74, 6) is 0.175. The highest BCUT2D eigenvalue weighted by Crippen LogP contribution is 2.45. The third-order valence-electron chi connectivity index (χ3n) is 3.92. The molecule has 0 radical (unpaired) electrons. The van der Waals surface area contributed by atoms with E-state index in [-0.39, 0.29) is 16.5 Å². The lowest BCUT2D eigenvalue weighted by molar-refractivity contribution is 0.471. The van der Waals surface area contributed by atoms with Gasteiger partial charge in [0.05, 0.1) is 10.5 Å². The first-order chi connectivity index (χ1) is 9.51. The number of sulfonamides is 1. The smallest absolute Gasteiger partial charge is 0.208 e. The number of benzene rings is 1. The Kier molecular flexibility index (Phi) is 3.27. The number of halogens is 1. The number of hydrogen-bond donors (Lipinski definition) is 1. The molecule has 2 aliphatic carbocycles. The normalized spacial score (nSPS) is 19.1. The van der Waals surface area contributed by atoms with E-state index in [1.807, 2.05) is 0 Å². The zero-order valence-electron chi connectivity index (χ0n) is 10.8. The van der Waals surface area contributed by atoms with Crippen molar-refractivity contribution in [3.05, 3.63) is 29.6 Å². The fraction of sp³-hybridized carbons (Fsp3) is 0.500. The van der Waals surface area contributed by atoms with Crippen LogP contribution in [-0.4, -0.2) is 14.5 Å². The lowest BCUT2D eigenvalue weighted by atomic mass is 10.1. The molecule has 0 aliphatic heterocycles. The van der Waals surface area contributed by atoms with Gasteiger partial charge in [-0.2, -0.15) is 5.26 Å². The van der Waals surface area contributed by atoms with Crippen LogP contribution in [0.5, 0.6) is 0 Å². The highest BCUT2D eigenvalue weighted by Gasteiger charge is 2.43. The molecule has 1 aromatic rings. The lowest BCUT2D eigenvalue weighted by Crippen LogP contribution is -2.38. The molecule has 2 saturated carbocycles. The third kappa shape index (κ3) is 2.69. The summed E-state index contributed by atoms with van der Waals surface area (Å²) in [7, 11) is -3.69. The Morgan fingerprint density at radius 3 is 2.35 bits per heavy atom. The average molecular weight is 294 g/mol. The minimum atomic E-state index is -3.69. The monoisotopic (exact) mass is 294 g/mol. The van der Waals surface area contributed by atoms with Gasteiger partial charge in [-0.05, 0) is 55.7 Å². The van der Waals surface area contributed by atoms with Crippen LogP contribution in [0.3, 0.4) is 0 Å². The predicted octanol–water partition coefficient (Wildman–Crippen LogP) is 2.16. The summed E-state index contributed by atoms with van der Waals surface area (Å²) >= 11 is 0. The van der Waals surface area contributed by atoms with Crippen molar-refractivity contribution < 1.29 is 12.8 Å². The maximum Gasteiger partial charge on any atom is 0.240 e. The van der Waals surface area contributed by atoms with E-state index in [4.69, 9.17) is 5.26 Å². The topological polar surface area (TPSA) is 70.0 Å². The summed E-state index contributed by atoms with van der Waals surface area (Å²) in [4.78, 5) is -0.0400. The first-order valence-corrected chi connectivity index (χ1v) is 8.21. The van der Waals surface area contributed by atoms with E-state index < -0.39 is 15.8 Å². The lowest BCUT2D eigenvalue weighted by Gasteiger charge is -2.17. The Bertz CT molecular complexity index is 661. The molecule has 20 heavy (non-hydrogen) atoms. The Balaban J connectivity index is 1.85. The van der Waals surface area contributed by atoms with Crippen molar-refractivity contribution >= 4 is 10.0 Å². The zero-order chi connectivity index (χ0) is 14.3. The Labute approximate surface area is 117 Å².